The Morgan fingerprint density at radius 3 is 2.71 bits per heavy atom. The van der Waals surface area contributed by atoms with Gasteiger partial charge in [-0.15, -0.1) is 11.3 Å². The molecule has 164 valence electrons. The maximum atomic E-state index is 12.9. The number of hydrogen-bond donors (Lipinski definition) is 1. The molecule has 1 aliphatic heterocycles. The summed E-state index contributed by atoms with van der Waals surface area (Å²) >= 11 is 1.77. The number of benzene rings is 1. The summed E-state index contributed by atoms with van der Waals surface area (Å²) in [7, 11) is -3.53. The minimum Gasteiger partial charge on any atom is -0.298 e. The molecule has 1 atom stereocenters. The number of sulfonamides is 1. The van der Waals surface area contributed by atoms with Gasteiger partial charge in [-0.2, -0.15) is 0 Å². The standard InChI is InChI=1S/C24H29N3O2S2/c1-20-6-8-23(9-7-20)31(28,29)26-18-24(11-10-22-5-3-15-30-22)12-14-27(19-24)17-21-4-2-13-25-16-21/h2-9,13,15-16,26H,10-12,14,17-19H2,1H3. The zero-order valence-electron chi connectivity index (χ0n) is 17.8. The van der Waals surface area contributed by atoms with E-state index < -0.39 is 10.0 Å². The lowest BCUT2D eigenvalue weighted by atomic mass is 9.82. The number of hydrogen-bond acceptors (Lipinski definition) is 5. The van der Waals surface area contributed by atoms with Gasteiger partial charge in [0.15, 0.2) is 0 Å². The van der Waals surface area contributed by atoms with Crippen LogP contribution in [0.15, 0.2) is 71.2 Å². The molecule has 0 amide bonds. The van der Waals surface area contributed by atoms with Crippen molar-refractivity contribution < 1.29 is 8.42 Å². The van der Waals surface area contributed by atoms with Gasteiger partial charge in [-0.1, -0.05) is 29.8 Å². The summed E-state index contributed by atoms with van der Waals surface area (Å²) in [5, 5.41) is 2.10. The van der Waals surface area contributed by atoms with E-state index in [0.29, 0.717) is 11.4 Å². The van der Waals surface area contributed by atoms with Gasteiger partial charge in [-0.3, -0.25) is 9.88 Å². The van der Waals surface area contributed by atoms with E-state index in [4.69, 9.17) is 0 Å². The molecular formula is C24H29N3O2S2. The number of pyridine rings is 1. The van der Waals surface area contributed by atoms with Gasteiger partial charge in [-0.05, 0) is 73.4 Å². The summed E-state index contributed by atoms with van der Waals surface area (Å²) in [6, 6.07) is 15.3. The van der Waals surface area contributed by atoms with Crippen molar-refractivity contribution in [3.8, 4) is 0 Å². The van der Waals surface area contributed by atoms with Crippen molar-refractivity contribution in [2.24, 2.45) is 5.41 Å². The van der Waals surface area contributed by atoms with Crippen molar-refractivity contribution in [2.45, 2.75) is 37.6 Å². The number of rotatable bonds is 9. The van der Waals surface area contributed by atoms with E-state index in [1.807, 2.05) is 31.3 Å². The molecule has 1 saturated heterocycles. The van der Waals surface area contributed by atoms with Gasteiger partial charge >= 0.3 is 0 Å². The Hall–Kier alpha value is -2.06. The number of aromatic nitrogens is 1. The molecule has 3 heterocycles. The van der Waals surface area contributed by atoms with Gasteiger partial charge in [0.25, 0.3) is 0 Å². The van der Waals surface area contributed by atoms with Crippen molar-refractivity contribution >= 4 is 21.4 Å². The zero-order valence-corrected chi connectivity index (χ0v) is 19.5. The molecular weight excluding hydrogens is 426 g/mol. The predicted molar refractivity (Wildman–Crippen MR) is 126 cm³/mol. The first-order valence-corrected chi connectivity index (χ1v) is 13.0. The van der Waals surface area contributed by atoms with Crippen LogP contribution < -0.4 is 4.72 Å². The van der Waals surface area contributed by atoms with E-state index in [1.165, 1.54) is 10.4 Å². The van der Waals surface area contributed by atoms with E-state index in [1.54, 1.807) is 29.7 Å². The highest BCUT2D eigenvalue weighted by Gasteiger charge is 2.38. The fourth-order valence-electron chi connectivity index (χ4n) is 4.24. The lowest BCUT2D eigenvalue weighted by Gasteiger charge is -2.30. The van der Waals surface area contributed by atoms with Gasteiger partial charge < -0.3 is 0 Å². The summed E-state index contributed by atoms with van der Waals surface area (Å²) in [5.41, 5.74) is 2.16. The molecule has 1 fully saturated rings. The second-order valence-corrected chi connectivity index (χ2v) is 11.3. The molecule has 0 bridgehead atoms. The van der Waals surface area contributed by atoms with Gasteiger partial charge in [0.1, 0.15) is 0 Å². The minimum absolute atomic E-state index is 0.0794. The van der Waals surface area contributed by atoms with Crippen LogP contribution in [0.2, 0.25) is 0 Å². The molecule has 1 aliphatic rings. The molecule has 1 unspecified atom stereocenters. The van der Waals surface area contributed by atoms with Crippen LogP contribution in [-0.2, 0) is 23.0 Å². The second-order valence-electron chi connectivity index (χ2n) is 8.54. The zero-order chi connectivity index (χ0) is 21.7. The number of likely N-dealkylation sites (tertiary alicyclic amines) is 1. The molecule has 0 saturated carbocycles. The average Bonchev–Trinajstić information content (AvgIpc) is 3.43. The number of nitrogens with one attached hydrogen (secondary N) is 1. The summed E-state index contributed by atoms with van der Waals surface area (Å²) in [5.74, 6) is 0. The van der Waals surface area contributed by atoms with Crippen LogP contribution in [0.25, 0.3) is 0 Å². The molecule has 7 heteroatoms. The molecule has 31 heavy (non-hydrogen) atoms. The molecule has 1 aromatic carbocycles. The Morgan fingerprint density at radius 1 is 1.16 bits per heavy atom. The average molecular weight is 456 g/mol. The number of aryl methyl sites for hydroxylation is 2. The van der Waals surface area contributed by atoms with Crippen LogP contribution in [0, 0.1) is 12.3 Å². The topological polar surface area (TPSA) is 62.3 Å². The SMILES string of the molecule is Cc1ccc(S(=O)(=O)NCC2(CCc3cccs3)CCN(Cc3cccnc3)C2)cc1. The smallest absolute Gasteiger partial charge is 0.240 e. The highest BCUT2D eigenvalue weighted by molar-refractivity contribution is 7.89. The highest BCUT2D eigenvalue weighted by Crippen LogP contribution is 2.36. The largest absolute Gasteiger partial charge is 0.298 e. The third-order valence-electron chi connectivity index (χ3n) is 6.10. The fourth-order valence-corrected chi connectivity index (χ4v) is 6.11. The van der Waals surface area contributed by atoms with Crippen molar-refractivity contribution in [3.05, 3.63) is 82.3 Å². The summed E-state index contributed by atoms with van der Waals surface area (Å²) in [6.45, 7) is 5.10. The first kappa shape index (κ1) is 22.1. The number of thiophene rings is 1. The Morgan fingerprint density at radius 2 is 2.00 bits per heavy atom. The van der Waals surface area contributed by atoms with E-state index in [9.17, 15) is 8.42 Å². The monoisotopic (exact) mass is 455 g/mol. The Labute approximate surface area is 189 Å². The molecule has 0 aliphatic carbocycles. The van der Waals surface area contributed by atoms with Crippen LogP contribution in [0.1, 0.15) is 28.8 Å². The van der Waals surface area contributed by atoms with E-state index in [0.717, 1.165) is 44.5 Å². The molecule has 0 radical (unpaired) electrons. The van der Waals surface area contributed by atoms with Crippen LogP contribution >= 0.6 is 11.3 Å². The molecule has 4 rings (SSSR count). The van der Waals surface area contributed by atoms with Crippen LogP contribution in [0.4, 0.5) is 0 Å². The Balaban J connectivity index is 1.47. The first-order valence-electron chi connectivity index (χ1n) is 10.6. The van der Waals surface area contributed by atoms with Gasteiger partial charge in [0.05, 0.1) is 4.90 Å². The Kier molecular flexibility index (Phi) is 6.86. The molecule has 3 aromatic rings. The summed E-state index contributed by atoms with van der Waals surface area (Å²) in [4.78, 5) is 8.33. The van der Waals surface area contributed by atoms with Gasteiger partial charge in [0.2, 0.25) is 10.0 Å². The molecule has 0 spiro atoms. The molecule has 2 aromatic heterocycles. The third-order valence-corrected chi connectivity index (χ3v) is 8.45. The van der Waals surface area contributed by atoms with Crippen molar-refractivity contribution in [1.29, 1.82) is 0 Å². The van der Waals surface area contributed by atoms with Crippen LogP contribution in [0.3, 0.4) is 0 Å². The third kappa shape index (κ3) is 5.80. The quantitative estimate of drug-likeness (QED) is 0.524. The van der Waals surface area contributed by atoms with E-state index in [2.05, 4.69) is 38.2 Å². The van der Waals surface area contributed by atoms with Gasteiger partial charge in [0, 0.05) is 36.9 Å². The number of nitrogens with zero attached hydrogens (tertiary/aromatic N) is 2. The van der Waals surface area contributed by atoms with Crippen LogP contribution in [0.5, 0.6) is 0 Å². The summed E-state index contributed by atoms with van der Waals surface area (Å²) < 4.78 is 28.8. The molecule has 5 nitrogen and oxygen atoms in total. The minimum atomic E-state index is -3.53. The predicted octanol–water partition coefficient (Wildman–Crippen LogP) is 4.25. The van der Waals surface area contributed by atoms with Crippen LogP contribution in [-0.4, -0.2) is 37.9 Å². The summed E-state index contributed by atoms with van der Waals surface area (Å²) in [6.07, 6.45) is 6.62. The maximum absolute atomic E-state index is 12.9. The van der Waals surface area contributed by atoms with Crippen molar-refractivity contribution in [3.63, 3.8) is 0 Å². The highest BCUT2D eigenvalue weighted by atomic mass is 32.2. The lowest BCUT2D eigenvalue weighted by molar-refractivity contribution is 0.237. The maximum Gasteiger partial charge on any atom is 0.240 e. The Bertz CT molecular complexity index is 1070. The van der Waals surface area contributed by atoms with Gasteiger partial charge in [-0.25, -0.2) is 13.1 Å². The first-order chi connectivity index (χ1) is 14.9. The van der Waals surface area contributed by atoms with E-state index in [-0.39, 0.29) is 5.41 Å². The van der Waals surface area contributed by atoms with E-state index >= 15 is 0 Å². The lowest BCUT2D eigenvalue weighted by Crippen LogP contribution is -2.40. The normalized spacial score (nSPS) is 19.6. The van der Waals surface area contributed by atoms with Crippen molar-refractivity contribution in [1.82, 2.24) is 14.6 Å². The fraction of sp³-hybridized carbons (Fsp3) is 0.375. The second kappa shape index (κ2) is 9.61. The van der Waals surface area contributed by atoms with Crippen molar-refractivity contribution in [2.75, 3.05) is 19.6 Å². The molecule has 1 N–H and O–H groups in total.